The molecule has 0 saturated carbocycles. The lowest BCUT2D eigenvalue weighted by Gasteiger charge is -2.40. The lowest BCUT2D eigenvalue weighted by Crippen LogP contribution is -2.52. The highest BCUT2D eigenvalue weighted by molar-refractivity contribution is 7.92. The van der Waals surface area contributed by atoms with Crippen LogP contribution in [0.5, 0.6) is 0 Å². The zero-order valence-corrected chi connectivity index (χ0v) is 18.2. The van der Waals surface area contributed by atoms with Crippen LogP contribution < -0.4 is 9.62 Å². The predicted molar refractivity (Wildman–Crippen MR) is 119 cm³/mol. The Morgan fingerprint density at radius 3 is 2.48 bits per heavy atom. The Kier molecular flexibility index (Phi) is 6.59. The summed E-state index contributed by atoms with van der Waals surface area (Å²) >= 11 is 0. The van der Waals surface area contributed by atoms with Crippen molar-refractivity contribution in [1.29, 1.82) is 0 Å². The van der Waals surface area contributed by atoms with Crippen LogP contribution in [-0.4, -0.2) is 50.5 Å². The van der Waals surface area contributed by atoms with Gasteiger partial charge in [0, 0.05) is 32.2 Å². The van der Waals surface area contributed by atoms with Crippen LogP contribution in [0.25, 0.3) is 0 Å². The molecule has 6 nitrogen and oxygen atoms in total. The number of benzene rings is 1. The van der Waals surface area contributed by atoms with E-state index in [0.717, 1.165) is 37.6 Å². The molecule has 0 bridgehead atoms. The molecule has 2 aromatic rings. The second-order valence-corrected chi connectivity index (χ2v) is 9.50. The highest BCUT2D eigenvalue weighted by Gasteiger charge is 2.23. The number of sulfonamides is 1. The van der Waals surface area contributed by atoms with Gasteiger partial charge in [0.2, 0.25) is 0 Å². The van der Waals surface area contributed by atoms with Crippen LogP contribution >= 0.6 is 0 Å². The Morgan fingerprint density at radius 1 is 1.21 bits per heavy atom. The van der Waals surface area contributed by atoms with Crippen molar-refractivity contribution in [1.82, 2.24) is 9.88 Å². The zero-order chi connectivity index (χ0) is 21.0. The Morgan fingerprint density at radius 2 is 1.93 bits per heavy atom. The van der Waals surface area contributed by atoms with E-state index in [1.54, 1.807) is 24.4 Å². The molecule has 2 heterocycles. The van der Waals surface area contributed by atoms with Crippen LogP contribution in [0.3, 0.4) is 0 Å². The van der Waals surface area contributed by atoms with E-state index in [0.29, 0.717) is 17.6 Å². The van der Waals surface area contributed by atoms with Crippen molar-refractivity contribution in [3.05, 3.63) is 60.8 Å². The third kappa shape index (κ3) is 5.16. The van der Waals surface area contributed by atoms with E-state index < -0.39 is 10.0 Å². The molecule has 0 spiro atoms. The zero-order valence-electron chi connectivity index (χ0n) is 17.4. The van der Waals surface area contributed by atoms with Crippen LogP contribution in [0.4, 0.5) is 11.5 Å². The molecule has 1 aliphatic rings. The summed E-state index contributed by atoms with van der Waals surface area (Å²) in [7, 11) is -3.64. The monoisotopic (exact) mass is 414 g/mol. The maximum absolute atomic E-state index is 12.6. The maximum Gasteiger partial charge on any atom is 0.261 e. The number of piperazine rings is 1. The van der Waals surface area contributed by atoms with Gasteiger partial charge in [-0.05, 0) is 42.7 Å². The third-order valence-corrected chi connectivity index (χ3v) is 6.71. The van der Waals surface area contributed by atoms with Gasteiger partial charge in [-0.25, -0.2) is 13.4 Å². The summed E-state index contributed by atoms with van der Waals surface area (Å²) in [5.41, 5.74) is 1.57. The van der Waals surface area contributed by atoms with E-state index in [2.05, 4.69) is 46.9 Å². The van der Waals surface area contributed by atoms with Crippen molar-refractivity contribution < 1.29 is 8.42 Å². The summed E-state index contributed by atoms with van der Waals surface area (Å²) in [6, 6.07) is 11.0. The fourth-order valence-corrected chi connectivity index (χ4v) is 4.56. The second kappa shape index (κ2) is 8.97. The standard InChI is InChI=1S/C22H30N4O2S/c1-5-12-25-13-14-26(16-18(25)4)22-11-8-20(15-23-22)24-29(27,28)21-9-6-19(7-10-21)17(2)3/h5-11,15,17-18,24H,1,12-14,16H2,2-4H3. The molecular weight excluding hydrogens is 384 g/mol. The first-order valence-corrected chi connectivity index (χ1v) is 11.5. The first-order valence-electron chi connectivity index (χ1n) is 9.99. The van der Waals surface area contributed by atoms with Gasteiger partial charge in [-0.15, -0.1) is 6.58 Å². The van der Waals surface area contributed by atoms with Crippen molar-refractivity contribution in [2.75, 3.05) is 35.8 Å². The topological polar surface area (TPSA) is 65.5 Å². The minimum Gasteiger partial charge on any atom is -0.354 e. The van der Waals surface area contributed by atoms with Gasteiger partial charge in [0.1, 0.15) is 5.82 Å². The predicted octanol–water partition coefficient (Wildman–Crippen LogP) is 3.70. The largest absolute Gasteiger partial charge is 0.354 e. The molecule has 1 aromatic heterocycles. The molecule has 1 saturated heterocycles. The molecule has 1 atom stereocenters. The number of nitrogens with one attached hydrogen (secondary N) is 1. The molecule has 156 valence electrons. The summed E-state index contributed by atoms with van der Waals surface area (Å²) in [5, 5.41) is 0. The van der Waals surface area contributed by atoms with Crippen molar-refractivity contribution >= 4 is 21.5 Å². The minimum absolute atomic E-state index is 0.248. The fourth-order valence-electron chi connectivity index (χ4n) is 3.52. The van der Waals surface area contributed by atoms with E-state index in [4.69, 9.17) is 0 Å². The Hall–Kier alpha value is -2.38. The summed E-state index contributed by atoms with van der Waals surface area (Å²) in [5.74, 6) is 1.22. The molecule has 3 rings (SSSR count). The van der Waals surface area contributed by atoms with Crippen molar-refractivity contribution in [2.45, 2.75) is 37.6 Å². The molecule has 29 heavy (non-hydrogen) atoms. The van der Waals surface area contributed by atoms with Crippen LogP contribution in [0.15, 0.2) is 60.1 Å². The van der Waals surface area contributed by atoms with Crippen molar-refractivity contribution in [3.63, 3.8) is 0 Å². The van der Waals surface area contributed by atoms with Crippen LogP contribution in [0.1, 0.15) is 32.3 Å². The van der Waals surface area contributed by atoms with Crippen LogP contribution in [0, 0.1) is 0 Å². The van der Waals surface area contributed by atoms with Crippen LogP contribution in [0.2, 0.25) is 0 Å². The van der Waals surface area contributed by atoms with E-state index in [1.807, 2.05) is 24.3 Å². The molecule has 0 amide bonds. The Labute approximate surface area is 174 Å². The smallest absolute Gasteiger partial charge is 0.261 e. The molecule has 7 heteroatoms. The highest BCUT2D eigenvalue weighted by Crippen LogP contribution is 2.22. The number of anilines is 2. The summed E-state index contributed by atoms with van der Waals surface area (Å²) in [6.45, 7) is 13.8. The van der Waals surface area contributed by atoms with Gasteiger partial charge >= 0.3 is 0 Å². The van der Waals surface area contributed by atoms with Gasteiger partial charge in [-0.1, -0.05) is 32.1 Å². The van der Waals surface area contributed by atoms with Gasteiger partial charge in [0.25, 0.3) is 10.0 Å². The molecule has 1 unspecified atom stereocenters. The number of hydrogen-bond acceptors (Lipinski definition) is 5. The van der Waals surface area contributed by atoms with Gasteiger partial charge in [0.15, 0.2) is 0 Å². The van der Waals surface area contributed by atoms with Crippen LogP contribution in [-0.2, 0) is 10.0 Å². The number of hydrogen-bond donors (Lipinski definition) is 1. The van der Waals surface area contributed by atoms with E-state index >= 15 is 0 Å². The molecule has 1 N–H and O–H groups in total. The fraction of sp³-hybridized carbons (Fsp3) is 0.409. The summed E-state index contributed by atoms with van der Waals surface area (Å²) < 4.78 is 27.9. The lowest BCUT2D eigenvalue weighted by molar-refractivity contribution is 0.209. The highest BCUT2D eigenvalue weighted by atomic mass is 32.2. The van der Waals surface area contributed by atoms with E-state index in [-0.39, 0.29) is 4.90 Å². The normalized spacial score (nSPS) is 18.1. The molecule has 1 fully saturated rings. The van der Waals surface area contributed by atoms with Gasteiger partial charge < -0.3 is 4.90 Å². The molecule has 0 aliphatic carbocycles. The van der Waals surface area contributed by atoms with Gasteiger partial charge in [-0.2, -0.15) is 0 Å². The number of aromatic nitrogens is 1. The second-order valence-electron chi connectivity index (χ2n) is 7.81. The molecule has 0 radical (unpaired) electrons. The Balaban J connectivity index is 1.66. The number of nitrogens with zero attached hydrogens (tertiary/aromatic N) is 3. The molecule has 1 aliphatic heterocycles. The third-order valence-electron chi connectivity index (χ3n) is 5.31. The minimum atomic E-state index is -3.64. The first kappa shape index (κ1) is 21.3. The van der Waals surface area contributed by atoms with E-state index in [1.165, 1.54) is 0 Å². The Bertz CT molecular complexity index is 924. The average Bonchev–Trinajstić information content (AvgIpc) is 2.70. The van der Waals surface area contributed by atoms with Gasteiger partial charge in [0.05, 0.1) is 16.8 Å². The molecule has 1 aromatic carbocycles. The summed E-state index contributed by atoms with van der Waals surface area (Å²) in [6.07, 6.45) is 3.51. The number of pyridine rings is 1. The number of rotatable bonds is 7. The van der Waals surface area contributed by atoms with Crippen molar-refractivity contribution in [3.8, 4) is 0 Å². The SMILES string of the molecule is C=CCN1CCN(c2ccc(NS(=O)(=O)c3ccc(C(C)C)cc3)cn2)CC1C. The first-order chi connectivity index (χ1) is 13.8. The maximum atomic E-state index is 12.6. The van der Waals surface area contributed by atoms with Crippen molar-refractivity contribution in [2.24, 2.45) is 0 Å². The lowest BCUT2D eigenvalue weighted by atomic mass is 10.0. The van der Waals surface area contributed by atoms with Gasteiger partial charge in [-0.3, -0.25) is 9.62 Å². The molecular formula is C22H30N4O2S. The average molecular weight is 415 g/mol. The van der Waals surface area contributed by atoms with E-state index in [9.17, 15) is 8.42 Å². The summed E-state index contributed by atoms with van der Waals surface area (Å²) in [4.78, 5) is 9.35. The quantitative estimate of drug-likeness (QED) is 0.700.